The van der Waals surface area contributed by atoms with Crippen LogP contribution in [0.5, 0.6) is 0 Å². The number of piperazine rings is 1. The minimum Gasteiger partial charge on any atom is -0.330 e. The molecule has 0 saturated carbocycles. The van der Waals surface area contributed by atoms with Crippen molar-refractivity contribution in [2.75, 3.05) is 19.6 Å². The molecule has 1 aliphatic heterocycles. The number of rotatable bonds is 1. The van der Waals surface area contributed by atoms with Gasteiger partial charge in [-0.2, -0.15) is 5.10 Å². The number of hydrogen-bond acceptors (Lipinski definition) is 3. The summed E-state index contributed by atoms with van der Waals surface area (Å²) in [5.41, 5.74) is 0.379. The smallest absolute Gasteiger partial charge is 0.274 e. The summed E-state index contributed by atoms with van der Waals surface area (Å²) < 4.78 is 1.66. The lowest BCUT2D eigenvalue weighted by Crippen LogP contribution is -2.59. The molecule has 1 aliphatic rings. The molecule has 5 heteroatoms. The Morgan fingerprint density at radius 2 is 2.31 bits per heavy atom. The molecular weight excluding hydrogens is 204 g/mol. The predicted octanol–water partition coefficient (Wildman–Crippen LogP) is 0.244. The highest BCUT2D eigenvalue weighted by atomic mass is 16.2. The van der Waals surface area contributed by atoms with Gasteiger partial charge >= 0.3 is 0 Å². The van der Waals surface area contributed by atoms with E-state index >= 15 is 0 Å². The van der Waals surface area contributed by atoms with Gasteiger partial charge in [0.05, 0.1) is 5.54 Å². The molecule has 0 aliphatic carbocycles. The van der Waals surface area contributed by atoms with Crippen LogP contribution in [-0.4, -0.2) is 45.8 Å². The van der Waals surface area contributed by atoms with Gasteiger partial charge in [0.1, 0.15) is 5.69 Å². The van der Waals surface area contributed by atoms with Crippen molar-refractivity contribution in [3.05, 3.63) is 18.0 Å². The van der Waals surface area contributed by atoms with Crippen molar-refractivity contribution in [1.82, 2.24) is 20.0 Å². The van der Waals surface area contributed by atoms with Gasteiger partial charge in [0.25, 0.3) is 5.91 Å². The number of carbonyl (C=O) groups is 1. The molecule has 2 rings (SSSR count). The van der Waals surface area contributed by atoms with Gasteiger partial charge in [0.15, 0.2) is 0 Å². The molecule has 1 aromatic rings. The first-order valence-electron chi connectivity index (χ1n) is 5.53. The first-order chi connectivity index (χ1) is 7.50. The zero-order chi connectivity index (χ0) is 11.8. The second-order valence-electron chi connectivity index (χ2n) is 4.82. The van der Waals surface area contributed by atoms with Gasteiger partial charge in [-0.1, -0.05) is 0 Å². The maximum atomic E-state index is 12.3. The molecule has 5 nitrogen and oxygen atoms in total. The topological polar surface area (TPSA) is 50.2 Å². The van der Waals surface area contributed by atoms with E-state index in [1.165, 1.54) is 0 Å². The van der Waals surface area contributed by atoms with E-state index in [2.05, 4.69) is 24.3 Å². The van der Waals surface area contributed by atoms with Crippen LogP contribution in [0.2, 0.25) is 0 Å². The molecule has 1 aromatic heterocycles. The second kappa shape index (κ2) is 3.90. The molecule has 2 heterocycles. The van der Waals surface area contributed by atoms with Crippen LogP contribution in [0.15, 0.2) is 12.3 Å². The highest BCUT2D eigenvalue weighted by Gasteiger charge is 2.34. The third kappa shape index (κ3) is 1.95. The average Bonchev–Trinajstić information content (AvgIpc) is 2.63. The summed E-state index contributed by atoms with van der Waals surface area (Å²) in [5.74, 6) is 0.0205. The van der Waals surface area contributed by atoms with Gasteiger partial charge in [-0.25, -0.2) is 0 Å². The Labute approximate surface area is 95.4 Å². The van der Waals surface area contributed by atoms with Crippen LogP contribution in [0.25, 0.3) is 0 Å². The summed E-state index contributed by atoms with van der Waals surface area (Å²) in [6.45, 7) is 6.55. The maximum Gasteiger partial charge on any atom is 0.274 e. The molecule has 1 amide bonds. The van der Waals surface area contributed by atoms with E-state index in [0.717, 1.165) is 19.6 Å². The summed E-state index contributed by atoms with van der Waals surface area (Å²) in [6.07, 6.45) is 1.79. The molecular formula is C11H18N4O. The fourth-order valence-electron chi connectivity index (χ4n) is 2.03. The van der Waals surface area contributed by atoms with Crippen LogP contribution in [0.4, 0.5) is 0 Å². The zero-order valence-corrected chi connectivity index (χ0v) is 10.0. The van der Waals surface area contributed by atoms with E-state index in [9.17, 15) is 4.79 Å². The van der Waals surface area contributed by atoms with Crippen LogP contribution in [0.1, 0.15) is 24.3 Å². The molecule has 0 unspecified atom stereocenters. The van der Waals surface area contributed by atoms with Crippen molar-refractivity contribution in [1.29, 1.82) is 0 Å². The molecule has 0 bridgehead atoms. The van der Waals surface area contributed by atoms with E-state index in [0.29, 0.717) is 5.69 Å². The van der Waals surface area contributed by atoms with E-state index in [-0.39, 0.29) is 11.4 Å². The van der Waals surface area contributed by atoms with Crippen molar-refractivity contribution < 1.29 is 4.79 Å². The van der Waals surface area contributed by atoms with Crippen LogP contribution in [0, 0.1) is 0 Å². The van der Waals surface area contributed by atoms with Gasteiger partial charge in [-0.05, 0) is 19.9 Å². The lowest BCUT2D eigenvalue weighted by molar-refractivity contribution is 0.0470. The molecule has 1 saturated heterocycles. The van der Waals surface area contributed by atoms with Crippen molar-refractivity contribution in [3.8, 4) is 0 Å². The highest BCUT2D eigenvalue weighted by Crippen LogP contribution is 2.18. The lowest BCUT2D eigenvalue weighted by atomic mass is 10.00. The number of nitrogens with one attached hydrogen (secondary N) is 1. The molecule has 0 spiro atoms. The normalized spacial score (nSPS) is 19.8. The van der Waals surface area contributed by atoms with Crippen LogP contribution < -0.4 is 5.32 Å². The molecule has 1 fully saturated rings. The predicted molar refractivity (Wildman–Crippen MR) is 61.2 cm³/mol. The van der Waals surface area contributed by atoms with E-state index in [1.54, 1.807) is 16.9 Å². The number of aromatic nitrogens is 2. The Kier molecular flexibility index (Phi) is 2.71. The molecule has 0 atom stereocenters. The van der Waals surface area contributed by atoms with Crippen LogP contribution in [0.3, 0.4) is 0 Å². The number of carbonyl (C=O) groups excluding carboxylic acids is 1. The third-order valence-electron chi connectivity index (χ3n) is 2.98. The number of aryl methyl sites for hydroxylation is 1. The lowest BCUT2D eigenvalue weighted by Gasteiger charge is -2.42. The van der Waals surface area contributed by atoms with Gasteiger partial charge in [-0.3, -0.25) is 9.48 Å². The summed E-state index contributed by atoms with van der Waals surface area (Å²) in [6, 6.07) is 1.76. The molecule has 0 aromatic carbocycles. The van der Waals surface area contributed by atoms with Gasteiger partial charge < -0.3 is 10.2 Å². The number of amides is 1. The summed E-state index contributed by atoms with van der Waals surface area (Å²) >= 11 is 0. The number of hydrogen-bond donors (Lipinski definition) is 1. The van der Waals surface area contributed by atoms with Crippen molar-refractivity contribution in [2.24, 2.45) is 7.05 Å². The van der Waals surface area contributed by atoms with Gasteiger partial charge in [0, 0.05) is 32.9 Å². The monoisotopic (exact) mass is 222 g/mol. The van der Waals surface area contributed by atoms with Gasteiger partial charge in [-0.15, -0.1) is 0 Å². The molecule has 0 radical (unpaired) electrons. The Balaban J connectivity index is 2.20. The zero-order valence-electron chi connectivity index (χ0n) is 10.0. The Morgan fingerprint density at radius 1 is 1.56 bits per heavy atom. The largest absolute Gasteiger partial charge is 0.330 e. The average molecular weight is 222 g/mol. The minimum atomic E-state index is -0.146. The van der Waals surface area contributed by atoms with E-state index < -0.39 is 0 Å². The fourth-order valence-corrected chi connectivity index (χ4v) is 2.03. The Bertz CT molecular complexity index is 396. The SMILES string of the molecule is Cn1ccc(C(=O)N2CCNCC2(C)C)n1. The maximum absolute atomic E-state index is 12.3. The summed E-state index contributed by atoms with van der Waals surface area (Å²) in [5, 5.41) is 7.45. The van der Waals surface area contributed by atoms with Crippen molar-refractivity contribution in [2.45, 2.75) is 19.4 Å². The first kappa shape index (κ1) is 11.1. The number of nitrogens with zero attached hydrogens (tertiary/aromatic N) is 3. The molecule has 88 valence electrons. The standard InChI is InChI=1S/C11H18N4O/c1-11(2)8-12-5-7-15(11)10(16)9-4-6-14(3)13-9/h4,6,12H,5,7-8H2,1-3H3. The minimum absolute atomic E-state index is 0.0205. The quantitative estimate of drug-likeness (QED) is 0.740. The first-order valence-corrected chi connectivity index (χ1v) is 5.53. The highest BCUT2D eigenvalue weighted by molar-refractivity contribution is 5.92. The Morgan fingerprint density at radius 3 is 2.88 bits per heavy atom. The van der Waals surface area contributed by atoms with E-state index in [1.807, 2.05) is 11.9 Å². The van der Waals surface area contributed by atoms with Crippen LogP contribution in [-0.2, 0) is 7.05 Å². The molecule has 16 heavy (non-hydrogen) atoms. The van der Waals surface area contributed by atoms with Crippen molar-refractivity contribution in [3.63, 3.8) is 0 Å². The van der Waals surface area contributed by atoms with Crippen LogP contribution >= 0.6 is 0 Å². The van der Waals surface area contributed by atoms with Gasteiger partial charge in [0.2, 0.25) is 0 Å². The summed E-state index contributed by atoms with van der Waals surface area (Å²) in [7, 11) is 1.82. The van der Waals surface area contributed by atoms with E-state index in [4.69, 9.17) is 0 Å². The fraction of sp³-hybridized carbons (Fsp3) is 0.636. The second-order valence-corrected chi connectivity index (χ2v) is 4.82. The molecule has 1 N–H and O–H groups in total. The Hall–Kier alpha value is -1.36. The summed E-state index contributed by atoms with van der Waals surface area (Å²) in [4.78, 5) is 14.1. The van der Waals surface area contributed by atoms with Crippen molar-refractivity contribution >= 4 is 5.91 Å². The third-order valence-corrected chi connectivity index (χ3v) is 2.98.